The number of aliphatic carboxylic acids is 1. The number of hydrogen-bond acceptors (Lipinski definition) is 5. The molecule has 2 aromatic heterocycles. The Labute approximate surface area is 176 Å². The topological polar surface area (TPSA) is 62.1 Å². The van der Waals surface area contributed by atoms with Gasteiger partial charge in [0.2, 0.25) is 0 Å². The molecule has 0 radical (unpaired) electrons. The van der Waals surface area contributed by atoms with Crippen molar-refractivity contribution in [2.24, 2.45) is 0 Å². The van der Waals surface area contributed by atoms with Crippen molar-refractivity contribution in [3.63, 3.8) is 0 Å². The molecule has 27 heavy (non-hydrogen) atoms. The minimum atomic E-state index is -1.17. The van der Waals surface area contributed by atoms with E-state index >= 15 is 0 Å². The summed E-state index contributed by atoms with van der Waals surface area (Å²) in [6.45, 7) is 0. The first-order chi connectivity index (χ1) is 12.6. The van der Waals surface area contributed by atoms with Gasteiger partial charge in [0.15, 0.2) is 0 Å². The molecule has 1 aliphatic carbocycles. The zero-order chi connectivity index (χ0) is 17.8. The van der Waals surface area contributed by atoms with Gasteiger partial charge >= 0.3 is 18.9 Å². The molecule has 132 valence electrons. The summed E-state index contributed by atoms with van der Waals surface area (Å²) in [7, 11) is 0. The van der Waals surface area contributed by atoms with E-state index in [2.05, 4.69) is 17.5 Å². The van der Waals surface area contributed by atoms with Crippen LogP contribution < -0.4 is 29.5 Å². The van der Waals surface area contributed by atoms with Crippen molar-refractivity contribution >= 4 is 39.2 Å². The number of carboxylic acids is 1. The average molecular weight is 389 g/mol. The van der Waals surface area contributed by atoms with E-state index in [-0.39, 0.29) is 24.4 Å². The Morgan fingerprint density at radius 3 is 2.74 bits per heavy atom. The number of fused-ring (bicyclic) bond motifs is 2. The number of carbonyl (C=O) groups is 1. The van der Waals surface area contributed by atoms with Gasteiger partial charge in [0, 0.05) is 16.5 Å². The molecule has 3 aromatic rings. The van der Waals surface area contributed by atoms with E-state index in [4.69, 9.17) is 0 Å². The van der Waals surface area contributed by atoms with Crippen LogP contribution in [0.4, 0.5) is 0 Å². The van der Waals surface area contributed by atoms with Crippen molar-refractivity contribution in [3.8, 4) is 0 Å². The molecule has 3 heterocycles. The summed E-state index contributed by atoms with van der Waals surface area (Å²) in [6, 6.07) is 9.12. The van der Waals surface area contributed by atoms with Crippen molar-refractivity contribution in [2.45, 2.75) is 36.2 Å². The van der Waals surface area contributed by atoms with E-state index in [9.17, 15) is 14.7 Å². The summed E-state index contributed by atoms with van der Waals surface area (Å²) < 4.78 is 2.70. The van der Waals surface area contributed by atoms with Crippen LogP contribution in [0.25, 0.3) is 10.1 Å². The Morgan fingerprint density at radius 2 is 2.00 bits per heavy atom. The van der Waals surface area contributed by atoms with E-state index in [1.54, 1.807) is 17.4 Å². The maximum atomic E-state index is 12.7. The molecule has 1 aromatic carbocycles. The number of carbonyl (C=O) groups excluding carboxylic acids is 1. The molecular formula is C20H16LiNO3S2. The number of thiophene rings is 1. The summed E-state index contributed by atoms with van der Waals surface area (Å²) in [5.74, 6) is -0.344. The van der Waals surface area contributed by atoms with Crippen molar-refractivity contribution in [3.05, 3.63) is 62.8 Å². The van der Waals surface area contributed by atoms with Crippen LogP contribution in [0.5, 0.6) is 0 Å². The molecule has 0 amide bonds. The van der Waals surface area contributed by atoms with Gasteiger partial charge in [0.05, 0.1) is 17.0 Å². The van der Waals surface area contributed by atoms with E-state index in [1.807, 2.05) is 12.1 Å². The van der Waals surface area contributed by atoms with Crippen molar-refractivity contribution in [1.82, 2.24) is 4.57 Å². The summed E-state index contributed by atoms with van der Waals surface area (Å²) in [4.78, 5) is 24.1. The van der Waals surface area contributed by atoms with Gasteiger partial charge in [0.1, 0.15) is 0 Å². The second kappa shape index (κ2) is 7.18. The Balaban J connectivity index is 0.00000180. The van der Waals surface area contributed by atoms with Crippen molar-refractivity contribution in [2.75, 3.05) is 5.75 Å². The van der Waals surface area contributed by atoms with Crippen molar-refractivity contribution < 1.29 is 28.8 Å². The molecule has 7 heteroatoms. The number of thioether (sulfide) groups is 1. The average Bonchev–Trinajstić information content (AvgIpc) is 3.21. The standard InChI is InChI=1S/C20H17NO3S2.Li/c22-17-8-12(7-13-9-25-16-4-2-1-3-14(13)16)18(11-5-6-11)19-21(17)15(10-26-19)20(23)24;/h1-4,8-9,11,15H,5-7,10H2,(H,23,24);/q;+1/p-1/t15-;/m0./s1. The molecule has 0 spiro atoms. The zero-order valence-corrected chi connectivity index (χ0v) is 16.6. The SMILES string of the molecule is O=C([O-])[C@@H]1CSc2c(C3CC3)c(Cc3csc4ccccc34)cc(=O)n21.[Li+]. The molecule has 0 unspecified atom stereocenters. The predicted molar refractivity (Wildman–Crippen MR) is 102 cm³/mol. The number of hydrogen-bond donors (Lipinski definition) is 0. The molecule has 1 fully saturated rings. The van der Waals surface area contributed by atoms with E-state index in [0.717, 1.165) is 29.9 Å². The zero-order valence-electron chi connectivity index (χ0n) is 14.9. The molecule has 4 nitrogen and oxygen atoms in total. The smallest absolute Gasteiger partial charge is 0.548 e. The molecule has 1 aliphatic heterocycles. The molecule has 1 saturated carbocycles. The first kappa shape index (κ1) is 18.9. The fraction of sp³-hybridized carbons (Fsp3) is 0.300. The second-order valence-corrected chi connectivity index (χ2v) is 8.87. The summed E-state index contributed by atoms with van der Waals surface area (Å²) in [5, 5.41) is 15.7. The quantitative estimate of drug-likeness (QED) is 0.587. The van der Waals surface area contributed by atoms with E-state index in [1.165, 1.54) is 37.5 Å². The number of rotatable bonds is 4. The monoisotopic (exact) mass is 389 g/mol. The largest absolute Gasteiger partial charge is 1.00 e. The van der Waals surface area contributed by atoms with E-state index in [0.29, 0.717) is 11.7 Å². The number of carboxylic acid groups (broad SMARTS) is 1. The Morgan fingerprint density at radius 1 is 1.22 bits per heavy atom. The van der Waals surface area contributed by atoms with Crippen LogP contribution in [0.3, 0.4) is 0 Å². The van der Waals surface area contributed by atoms with Gasteiger partial charge < -0.3 is 9.90 Å². The molecule has 0 bridgehead atoms. The van der Waals surface area contributed by atoms with Gasteiger partial charge in [-0.1, -0.05) is 18.2 Å². The van der Waals surface area contributed by atoms with Gasteiger partial charge in [-0.15, -0.1) is 23.1 Å². The van der Waals surface area contributed by atoms with Crippen LogP contribution in [0.1, 0.15) is 41.5 Å². The third-order valence-corrected chi connectivity index (χ3v) is 7.40. The number of pyridine rings is 1. The fourth-order valence-corrected chi connectivity index (χ4v) is 6.21. The Kier molecular flexibility index (Phi) is 5.02. The minimum Gasteiger partial charge on any atom is -0.548 e. The number of aromatic nitrogens is 1. The first-order valence-electron chi connectivity index (χ1n) is 8.70. The third-order valence-electron chi connectivity index (χ3n) is 5.22. The van der Waals surface area contributed by atoms with Crippen LogP contribution in [0, 0.1) is 0 Å². The van der Waals surface area contributed by atoms with Crippen LogP contribution >= 0.6 is 23.1 Å². The minimum absolute atomic E-state index is 0. The Bertz CT molecular complexity index is 1100. The molecule has 0 N–H and O–H groups in total. The van der Waals surface area contributed by atoms with Gasteiger partial charge in [-0.2, -0.15) is 0 Å². The molecule has 2 aliphatic rings. The maximum absolute atomic E-state index is 12.7. The second-order valence-electron chi connectivity index (χ2n) is 6.95. The third kappa shape index (κ3) is 3.19. The van der Waals surface area contributed by atoms with Gasteiger partial charge in [0.25, 0.3) is 5.56 Å². The van der Waals surface area contributed by atoms with Gasteiger partial charge in [-0.05, 0) is 58.7 Å². The summed E-state index contributed by atoms with van der Waals surface area (Å²) in [5.41, 5.74) is 3.25. The first-order valence-corrected chi connectivity index (χ1v) is 10.6. The Hall–Kier alpha value is -1.45. The van der Waals surface area contributed by atoms with Crippen LogP contribution in [0.2, 0.25) is 0 Å². The van der Waals surface area contributed by atoms with E-state index < -0.39 is 12.0 Å². The van der Waals surface area contributed by atoms with Crippen molar-refractivity contribution in [1.29, 1.82) is 0 Å². The van der Waals surface area contributed by atoms with Crippen LogP contribution in [0.15, 0.2) is 45.5 Å². The van der Waals surface area contributed by atoms with Crippen LogP contribution in [-0.2, 0) is 11.2 Å². The molecular weight excluding hydrogens is 373 g/mol. The molecule has 5 rings (SSSR count). The molecule has 0 saturated heterocycles. The van der Waals surface area contributed by atoms with Crippen LogP contribution in [-0.4, -0.2) is 16.3 Å². The maximum Gasteiger partial charge on any atom is 1.00 e. The molecule has 1 atom stereocenters. The summed E-state index contributed by atoms with van der Waals surface area (Å²) in [6.07, 6.45) is 2.94. The van der Waals surface area contributed by atoms with Gasteiger partial charge in [-0.25, -0.2) is 0 Å². The van der Waals surface area contributed by atoms with Gasteiger partial charge in [-0.3, -0.25) is 9.36 Å². The summed E-state index contributed by atoms with van der Waals surface area (Å²) >= 11 is 3.21. The number of nitrogens with zero attached hydrogens (tertiary/aromatic N) is 1. The normalized spacial score (nSPS) is 18.3. The number of benzene rings is 1. The fourth-order valence-electron chi connectivity index (χ4n) is 3.84. The predicted octanol–water partition coefficient (Wildman–Crippen LogP) is -0.0681.